The summed E-state index contributed by atoms with van der Waals surface area (Å²) in [6.07, 6.45) is 13.0. The summed E-state index contributed by atoms with van der Waals surface area (Å²) in [6.45, 7) is 6.41. The van der Waals surface area contributed by atoms with E-state index in [0.717, 1.165) is 23.9 Å². The van der Waals surface area contributed by atoms with Gasteiger partial charge in [-0.3, -0.25) is 0 Å². The Kier molecular flexibility index (Phi) is 4.81. The molecule has 3 saturated heterocycles. The topological polar surface area (TPSA) is 15.3 Å². The summed E-state index contributed by atoms with van der Waals surface area (Å²) >= 11 is 0. The quantitative estimate of drug-likeness (QED) is 0.783. The molecular formula is C17H32N2. The standard InChI is InChI=1S/C17H32N2/c1-2-4-14-5-3-6-16(8-7-14)18-17-13-19-11-9-15(17)10-12-19/h14-18H,2-13H2,1H3. The molecule has 2 bridgehead atoms. The van der Waals surface area contributed by atoms with Gasteiger partial charge in [0.1, 0.15) is 0 Å². The Morgan fingerprint density at radius 2 is 1.84 bits per heavy atom. The lowest BCUT2D eigenvalue weighted by atomic mass is 9.83. The maximum atomic E-state index is 4.05. The Bertz CT molecular complexity index is 270. The predicted octanol–water partition coefficient (Wildman–Crippen LogP) is 3.42. The van der Waals surface area contributed by atoms with Gasteiger partial charge in [0.25, 0.3) is 0 Å². The Morgan fingerprint density at radius 3 is 2.53 bits per heavy atom. The van der Waals surface area contributed by atoms with Crippen molar-refractivity contribution >= 4 is 0 Å². The van der Waals surface area contributed by atoms with Crippen LogP contribution in [0, 0.1) is 11.8 Å². The molecule has 3 heterocycles. The number of nitrogens with zero attached hydrogens (tertiary/aromatic N) is 1. The van der Waals surface area contributed by atoms with Crippen molar-refractivity contribution < 1.29 is 0 Å². The first-order chi connectivity index (χ1) is 9.35. The molecule has 2 heteroatoms. The third-order valence-electron chi connectivity index (χ3n) is 5.89. The van der Waals surface area contributed by atoms with Crippen molar-refractivity contribution in [2.45, 2.75) is 76.8 Å². The second-order valence-electron chi connectivity index (χ2n) is 7.27. The van der Waals surface area contributed by atoms with Crippen LogP contribution in [0.2, 0.25) is 0 Å². The maximum absolute atomic E-state index is 4.05. The van der Waals surface area contributed by atoms with Gasteiger partial charge in [0, 0.05) is 18.6 Å². The number of hydrogen-bond acceptors (Lipinski definition) is 2. The molecule has 110 valence electrons. The second kappa shape index (κ2) is 6.58. The summed E-state index contributed by atoms with van der Waals surface area (Å²) < 4.78 is 0. The summed E-state index contributed by atoms with van der Waals surface area (Å²) in [4.78, 5) is 2.67. The predicted molar refractivity (Wildman–Crippen MR) is 81.4 cm³/mol. The van der Waals surface area contributed by atoms with E-state index in [0.29, 0.717) is 0 Å². The van der Waals surface area contributed by atoms with Gasteiger partial charge in [-0.05, 0) is 57.0 Å². The fourth-order valence-corrected chi connectivity index (χ4v) is 4.70. The largest absolute Gasteiger partial charge is 0.310 e. The van der Waals surface area contributed by atoms with Crippen LogP contribution in [0.5, 0.6) is 0 Å². The summed E-state index contributed by atoms with van der Waals surface area (Å²) in [7, 11) is 0. The molecule has 0 radical (unpaired) electrons. The lowest BCUT2D eigenvalue weighted by Crippen LogP contribution is -2.58. The highest BCUT2D eigenvalue weighted by Crippen LogP contribution is 2.30. The molecular weight excluding hydrogens is 232 g/mol. The molecule has 1 saturated carbocycles. The van der Waals surface area contributed by atoms with Crippen LogP contribution in [0.1, 0.15) is 64.7 Å². The Morgan fingerprint density at radius 1 is 1.00 bits per heavy atom. The van der Waals surface area contributed by atoms with E-state index in [9.17, 15) is 0 Å². The highest BCUT2D eigenvalue weighted by molar-refractivity contribution is 4.92. The smallest absolute Gasteiger partial charge is 0.0226 e. The van der Waals surface area contributed by atoms with E-state index in [1.807, 2.05) is 0 Å². The Balaban J connectivity index is 1.47. The molecule has 0 aromatic carbocycles. The molecule has 0 aromatic heterocycles. The van der Waals surface area contributed by atoms with Gasteiger partial charge in [-0.25, -0.2) is 0 Å². The SMILES string of the molecule is CCCC1CCCC(NC2CN3CCC2CC3)CC1. The molecule has 2 nitrogen and oxygen atoms in total. The minimum atomic E-state index is 0.815. The fraction of sp³-hybridized carbons (Fsp3) is 1.00. The zero-order valence-electron chi connectivity index (χ0n) is 12.7. The average Bonchev–Trinajstić information content (AvgIpc) is 2.66. The fourth-order valence-electron chi connectivity index (χ4n) is 4.70. The molecule has 4 aliphatic rings. The molecule has 3 aliphatic heterocycles. The van der Waals surface area contributed by atoms with Crippen molar-refractivity contribution in [2.75, 3.05) is 19.6 Å². The van der Waals surface area contributed by atoms with Crippen molar-refractivity contribution in [1.82, 2.24) is 10.2 Å². The van der Waals surface area contributed by atoms with E-state index in [1.165, 1.54) is 77.4 Å². The van der Waals surface area contributed by atoms with Crippen LogP contribution in [0.4, 0.5) is 0 Å². The number of hydrogen-bond donors (Lipinski definition) is 1. The van der Waals surface area contributed by atoms with Crippen LogP contribution in [-0.4, -0.2) is 36.6 Å². The van der Waals surface area contributed by atoms with Gasteiger partial charge in [0.05, 0.1) is 0 Å². The molecule has 1 N–H and O–H groups in total. The van der Waals surface area contributed by atoms with Crippen LogP contribution < -0.4 is 5.32 Å². The maximum Gasteiger partial charge on any atom is 0.0226 e. The lowest BCUT2D eigenvalue weighted by Gasteiger charge is -2.46. The van der Waals surface area contributed by atoms with Gasteiger partial charge in [0.2, 0.25) is 0 Å². The van der Waals surface area contributed by atoms with Gasteiger partial charge in [-0.15, -0.1) is 0 Å². The molecule has 4 fully saturated rings. The zero-order chi connectivity index (χ0) is 13.1. The van der Waals surface area contributed by atoms with Crippen LogP contribution in [-0.2, 0) is 0 Å². The van der Waals surface area contributed by atoms with Crippen LogP contribution >= 0.6 is 0 Å². The number of fused-ring (bicyclic) bond motifs is 3. The molecule has 3 unspecified atom stereocenters. The van der Waals surface area contributed by atoms with Crippen LogP contribution in [0.3, 0.4) is 0 Å². The van der Waals surface area contributed by atoms with E-state index in [-0.39, 0.29) is 0 Å². The van der Waals surface area contributed by atoms with E-state index in [2.05, 4.69) is 17.1 Å². The first-order valence-corrected chi connectivity index (χ1v) is 8.83. The van der Waals surface area contributed by atoms with E-state index in [4.69, 9.17) is 0 Å². The van der Waals surface area contributed by atoms with E-state index in [1.54, 1.807) is 0 Å². The first-order valence-electron chi connectivity index (χ1n) is 8.83. The number of nitrogens with one attached hydrogen (secondary N) is 1. The Labute approximate surface area is 119 Å². The number of rotatable bonds is 4. The van der Waals surface area contributed by atoms with Gasteiger partial charge in [-0.2, -0.15) is 0 Å². The van der Waals surface area contributed by atoms with Gasteiger partial charge >= 0.3 is 0 Å². The third-order valence-corrected chi connectivity index (χ3v) is 5.89. The molecule has 0 amide bonds. The van der Waals surface area contributed by atoms with Gasteiger partial charge < -0.3 is 10.2 Å². The average molecular weight is 264 g/mol. The minimum Gasteiger partial charge on any atom is -0.310 e. The molecule has 0 aromatic rings. The molecule has 3 atom stereocenters. The van der Waals surface area contributed by atoms with Gasteiger partial charge in [0.15, 0.2) is 0 Å². The van der Waals surface area contributed by atoms with Crippen molar-refractivity contribution in [1.29, 1.82) is 0 Å². The number of piperidine rings is 3. The minimum absolute atomic E-state index is 0.815. The second-order valence-corrected chi connectivity index (χ2v) is 7.27. The zero-order valence-corrected chi connectivity index (χ0v) is 12.7. The molecule has 19 heavy (non-hydrogen) atoms. The monoisotopic (exact) mass is 264 g/mol. The highest BCUT2D eigenvalue weighted by Gasteiger charge is 2.35. The molecule has 0 spiro atoms. The Hall–Kier alpha value is -0.0800. The van der Waals surface area contributed by atoms with E-state index < -0.39 is 0 Å². The summed E-state index contributed by atoms with van der Waals surface area (Å²) in [5.41, 5.74) is 0. The highest BCUT2D eigenvalue weighted by atomic mass is 15.2. The summed E-state index contributed by atoms with van der Waals surface area (Å²) in [6, 6.07) is 1.64. The van der Waals surface area contributed by atoms with Crippen molar-refractivity contribution in [3.05, 3.63) is 0 Å². The van der Waals surface area contributed by atoms with Crippen LogP contribution in [0.15, 0.2) is 0 Å². The normalized spacial score (nSPS) is 43.1. The van der Waals surface area contributed by atoms with Crippen molar-refractivity contribution in [3.63, 3.8) is 0 Å². The van der Waals surface area contributed by atoms with Crippen molar-refractivity contribution in [2.24, 2.45) is 11.8 Å². The first kappa shape index (κ1) is 13.9. The summed E-state index contributed by atoms with van der Waals surface area (Å²) in [5.74, 6) is 2.02. The van der Waals surface area contributed by atoms with Gasteiger partial charge in [-0.1, -0.05) is 32.6 Å². The third kappa shape index (κ3) is 3.52. The van der Waals surface area contributed by atoms with Crippen LogP contribution in [0.25, 0.3) is 0 Å². The molecule has 1 aliphatic carbocycles. The lowest BCUT2D eigenvalue weighted by molar-refractivity contribution is 0.0658. The molecule has 4 rings (SSSR count). The van der Waals surface area contributed by atoms with Crippen molar-refractivity contribution in [3.8, 4) is 0 Å². The summed E-state index contributed by atoms with van der Waals surface area (Å²) in [5, 5.41) is 4.05. The van der Waals surface area contributed by atoms with E-state index >= 15 is 0 Å².